The Bertz CT molecular complexity index is 1050. The SMILES string of the molecule is O=C(C1CCCCC1)C(C1CCc2ccccc2N1)N1CCN(c2ccccc2OC(F)(F)F)CC1. The largest absolute Gasteiger partial charge is 0.573 e. The fourth-order valence-electron chi connectivity index (χ4n) is 6.13. The van der Waals surface area contributed by atoms with E-state index >= 15 is 0 Å². The van der Waals surface area contributed by atoms with E-state index in [1.54, 1.807) is 18.2 Å². The first-order chi connectivity index (χ1) is 17.4. The average molecular weight is 502 g/mol. The number of piperazine rings is 1. The number of carbonyl (C=O) groups excluding carboxylic acids is 1. The van der Waals surface area contributed by atoms with Gasteiger partial charge in [-0.2, -0.15) is 0 Å². The molecule has 2 aromatic rings. The van der Waals surface area contributed by atoms with Gasteiger partial charge in [0.1, 0.15) is 0 Å². The van der Waals surface area contributed by atoms with Crippen molar-refractivity contribution in [2.24, 2.45) is 5.92 Å². The monoisotopic (exact) mass is 501 g/mol. The van der Waals surface area contributed by atoms with Crippen LogP contribution in [-0.2, 0) is 11.2 Å². The number of fused-ring (bicyclic) bond motifs is 1. The fourth-order valence-corrected chi connectivity index (χ4v) is 6.13. The molecule has 0 amide bonds. The molecule has 2 heterocycles. The molecular formula is C28H34F3N3O2. The van der Waals surface area contributed by atoms with Crippen molar-refractivity contribution in [2.75, 3.05) is 36.4 Å². The topological polar surface area (TPSA) is 44.8 Å². The third kappa shape index (κ3) is 5.64. The van der Waals surface area contributed by atoms with E-state index in [4.69, 9.17) is 0 Å². The Balaban J connectivity index is 1.33. The lowest BCUT2D eigenvalue weighted by molar-refractivity contribution is -0.274. The van der Waals surface area contributed by atoms with Crippen molar-refractivity contribution in [1.82, 2.24) is 4.90 Å². The number of nitrogens with zero attached hydrogens (tertiary/aromatic N) is 2. The minimum Gasteiger partial charge on any atom is -0.404 e. The van der Waals surface area contributed by atoms with Crippen molar-refractivity contribution in [3.8, 4) is 5.75 Å². The maximum atomic E-state index is 13.9. The Hall–Kier alpha value is -2.74. The minimum absolute atomic E-state index is 0.0294. The molecule has 0 aromatic heterocycles. The summed E-state index contributed by atoms with van der Waals surface area (Å²) in [6.45, 7) is 2.30. The summed E-state index contributed by atoms with van der Waals surface area (Å²) in [5.41, 5.74) is 2.82. The smallest absolute Gasteiger partial charge is 0.404 e. The van der Waals surface area contributed by atoms with Gasteiger partial charge in [-0.1, -0.05) is 49.6 Å². The fraction of sp³-hybridized carbons (Fsp3) is 0.536. The molecule has 8 heteroatoms. The number of anilines is 2. The molecular weight excluding hydrogens is 467 g/mol. The number of nitrogens with one attached hydrogen (secondary N) is 1. The van der Waals surface area contributed by atoms with Crippen LogP contribution in [0.15, 0.2) is 48.5 Å². The second-order valence-electron chi connectivity index (χ2n) is 10.2. The Morgan fingerprint density at radius 2 is 1.61 bits per heavy atom. The molecule has 5 rings (SSSR count). The molecule has 0 bridgehead atoms. The van der Waals surface area contributed by atoms with Crippen molar-refractivity contribution in [1.29, 1.82) is 0 Å². The molecule has 0 radical (unpaired) electrons. The molecule has 1 saturated heterocycles. The summed E-state index contributed by atoms with van der Waals surface area (Å²) in [4.78, 5) is 18.1. The lowest BCUT2D eigenvalue weighted by Gasteiger charge is -2.45. The van der Waals surface area contributed by atoms with E-state index in [1.165, 1.54) is 18.1 Å². The van der Waals surface area contributed by atoms with Crippen LogP contribution >= 0.6 is 0 Å². The molecule has 2 atom stereocenters. The minimum atomic E-state index is -4.74. The van der Waals surface area contributed by atoms with E-state index < -0.39 is 6.36 Å². The van der Waals surface area contributed by atoms with Gasteiger partial charge in [-0.25, -0.2) is 0 Å². The van der Waals surface area contributed by atoms with E-state index in [9.17, 15) is 18.0 Å². The molecule has 2 unspecified atom stereocenters. The van der Waals surface area contributed by atoms with Crippen LogP contribution in [0.2, 0.25) is 0 Å². The lowest BCUT2D eigenvalue weighted by atomic mass is 9.80. The van der Waals surface area contributed by atoms with Crippen LogP contribution < -0.4 is 15.0 Å². The van der Waals surface area contributed by atoms with Gasteiger partial charge in [0.25, 0.3) is 0 Å². The standard InChI is InChI=1S/C28H34F3N3O2/c29-28(30,31)36-25-13-7-6-12-24(25)33-16-18-34(19-17-33)26(27(35)21-9-2-1-3-10-21)23-15-14-20-8-4-5-11-22(20)32-23/h4-8,11-13,21,23,26,32H,1-3,9-10,14-19H2. The first-order valence-electron chi connectivity index (χ1n) is 13.1. The summed E-state index contributed by atoms with van der Waals surface area (Å²) in [5.74, 6) is 0.251. The number of hydrogen-bond acceptors (Lipinski definition) is 5. The number of benzene rings is 2. The van der Waals surface area contributed by atoms with Gasteiger partial charge in [0.15, 0.2) is 11.5 Å². The molecule has 0 spiro atoms. The third-order valence-corrected chi connectivity index (χ3v) is 7.90. The Kier molecular flexibility index (Phi) is 7.42. The number of Topliss-reactive ketones (excluding diaryl/α,β-unsaturated/α-hetero) is 1. The zero-order chi connectivity index (χ0) is 25.1. The number of ether oxygens (including phenoxy) is 1. The Labute approximate surface area is 210 Å². The van der Waals surface area contributed by atoms with E-state index in [-0.39, 0.29) is 23.8 Å². The van der Waals surface area contributed by atoms with Crippen molar-refractivity contribution in [3.63, 3.8) is 0 Å². The highest BCUT2D eigenvalue weighted by Crippen LogP contribution is 2.35. The van der Waals surface area contributed by atoms with Crippen molar-refractivity contribution in [2.45, 2.75) is 63.4 Å². The first kappa shape index (κ1) is 24.9. The van der Waals surface area contributed by atoms with Crippen LogP contribution in [0.3, 0.4) is 0 Å². The number of para-hydroxylation sites is 3. The zero-order valence-electron chi connectivity index (χ0n) is 20.5. The average Bonchev–Trinajstić information content (AvgIpc) is 2.89. The van der Waals surface area contributed by atoms with Crippen LogP contribution in [0, 0.1) is 5.92 Å². The van der Waals surface area contributed by atoms with Crippen molar-refractivity contribution in [3.05, 3.63) is 54.1 Å². The van der Waals surface area contributed by atoms with Crippen LogP contribution in [0.4, 0.5) is 24.5 Å². The second kappa shape index (κ2) is 10.7. The number of hydrogen-bond donors (Lipinski definition) is 1. The molecule has 3 aliphatic rings. The number of halogens is 3. The van der Waals surface area contributed by atoms with Gasteiger partial charge in [0.05, 0.1) is 11.7 Å². The summed E-state index contributed by atoms with van der Waals surface area (Å²) >= 11 is 0. The summed E-state index contributed by atoms with van der Waals surface area (Å²) in [5, 5.41) is 3.67. The molecule has 194 valence electrons. The van der Waals surface area contributed by atoms with Crippen LogP contribution in [0.5, 0.6) is 5.75 Å². The van der Waals surface area contributed by atoms with Crippen LogP contribution in [0.1, 0.15) is 44.1 Å². The van der Waals surface area contributed by atoms with Gasteiger partial charge < -0.3 is 15.0 Å². The van der Waals surface area contributed by atoms with Gasteiger partial charge >= 0.3 is 6.36 Å². The van der Waals surface area contributed by atoms with Gasteiger partial charge in [-0.15, -0.1) is 13.2 Å². The van der Waals surface area contributed by atoms with E-state index in [2.05, 4.69) is 27.1 Å². The highest BCUT2D eigenvalue weighted by atomic mass is 19.4. The highest BCUT2D eigenvalue weighted by Gasteiger charge is 2.40. The van der Waals surface area contributed by atoms with Gasteiger partial charge in [-0.3, -0.25) is 9.69 Å². The summed E-state index contributed by atoms with van der Waals surface area (Å²) in [6, 6.07) is 14.4. The molecule has 36 heavy (non-hydrogen) atoms. The normalized spacial score (nSPS) is 22.4. The highest BCUT2D eigenvalue weighted by molar-refractivity contribution is 5.88. The van der Waals surface area contributed by atoms with Gasteiger partial charge in [0, 0.05) is 43.8 Å². The molecule has 1 aliphatic carbocycles. The summed E-state index contributed by atoms with van der Waals surface area (Å²) in [6.07, 6.45) is 2.41. The maximum Gasteiger partial charge on any atom is 0.573 e. The summed E-state index contributed by atoms with van der Waals surface area (Å²) in [7, 11) is 0. The van der Waals surface area contributed by atoms with Gasteiger partial charge in [0.2, 0.25) is 0 Å². The number of carbonyl (C=O) groups is 1. The van der Waals surface area contributed by atoms with Crippen molar-refractivity contribution < 1.29 is 22.7 Å². The first-order valence-corrected chi connectivity index (χ1v) is 13.1. The molecule has 2 aromatic carbocycles. The lowest BCUT2D eigenvalue weighted by Crippen LogP contribution is -2.60. The maximum absolute atomic E-state index is 13.9. The van der Waals surface area contributed by atoms with Crippen LogP contribution in [-0.4, -0.2) is 55.3 Å². The van der Waals surface area contributed by atoms with Crippen molar-refractivity contribution >= 4 is 17.2 Å². The Morgan fingerprint density at radius 3 is 2.36 bits per heavy atom. The number of aryl methyl sites for hydroxylation is 1. The zero-order valence-corrected chi connectivity index (χ0v) is 20.5. The molecule has 2 fully saturated rings. The second-order valence-corrected chi connectivity index (χ2v) is 10.2. The molecule has 1 saturated carbocycles. The van der Waals surface area contributed by atoms with E-state index in [0.717, 1.165) is 44.2 Å². The predicted octanol–water partition coefficient (Wildman–Crippen LogP) is 5.65. The van der Waals surface area contributed by atoms with E-state index in [0.29, 0.717) is 37.6 Å². The van der Waals surface area contributed by atoms with Gasteiger partial charge in [-0.05, 0) is 49.4 Å². The molecule has 2 aliphatic heterocycles. The molecule has 5 nitrogen and oxygen atoms in total. The molecule has 1 N–H and O–H groups in total. The van der Waals surface area contributed by atoms with E-state index in [1.807, 2.05) is 17.0 Å². The summed E-state index contributed by atoms with van der Waals surface area (Å²) < 4.78 is 43.1. The number of ketones is 1. The van der Waals surface area contributed by atoms with Crippen LogP contribution in [0.25, 0.3) is 0 Å². The number of rotatable bonds is 6. The number of alkyl halides is 3. The predicted molar refractivity (Wildman–Crippen MR) is 134 cm³/mol. The third-order valence-electron chi connectivity index (χ3n) is 7.90. The Morgan fingerprint density at radius 1 is 0.917 bits per heavy atom. The quantitative estimate of drug-likeness (QED) is 0.554.